The highest BCUT2D eigenvalue weighted by molar-refractivity contribution is 7.85. The van der Waals surface area contributed by atoms with Gasteiger partial charge >= 0.3 is 0 Å². The van der Waals surface area contributed by atoms with E-state index in [9.17, 15) is 8.60 Å². The highest BCUT2D eigenvalue weighted by Gasteiger charge is 2.19. The lowest BCUT2D eigenvalue weighted by atomic mass is 10.1. The van der Waals surface area contributed by atoms with Crippen LogP contribution in [0.2, 0.25) is 0 Å². The van der Waals surface area contributed by atoms with Crippen LogP contribution in [0.4, 0.5) is 4.39 Å². The standard InChI is InChI=1S/C25H24FN5O3S/c1-15(2)35(32)19-6-4-17(5-7-19)22-11-27-12-23(29-22)25-31-30-24(34-25)20-8-3-16(9-21(20)26)10-28-18-13-33-14-18/h3-9,11-12,15,18,28H,10,13-14H2,1-2H3. The van der Waals surface area contributed by atoms with E-state index < -0.39 is 16.6 Å². The van der Waals surface area contributed by atoms with Gasteiger partial charge in [0, 0.05) is 22.3 Å². The zero-order valence-electron chi connectivity index (χ0n) is 19.3. The Bertz CT molecular complexity index is 1360. The zero-order chi connectivity index (χ0) is 24.4. The van der Waals surface area contributed by atoms with Crippen molar-refractivity contribution in [2.45, 2.75) is 36.6 Å². The third-order valence-electron chi connectivity index (χ3n) is 5.59. The van der Waals surface area contributed by atoms with Gasteiger partial charge in [0.05, 0.1) is 53.7 Å². The van der Waals surface area contributed by atoms with E-state index in [1.807, 2.05) is 44.2 Å². The molecule has 10 heteroatoms. The van der Waals surface area contributed by atoms with Crippen LogP contribution in [-0.2, 0) is 22.1 Å². The summed E-state index contributed by atoms with van der Waals surface area (Å²) in [4.78, 5) is 9.57. The van der Waals surface area contributed by atoms with Gasteiger partial charge in [-0.2, -0.15) is 0 Å². The van der Waals surface area contributed by atoms with Crippen LogP contribution in [-0.4, -0.2) is 48.9 Å². The first-order valence-corrected chi connectivity index (χ1v) is 12.5. The molecule has 1 aliphatic heterocycles. The van der Waals surface area contributed by atoms with Crippen molar-refractivity contribution in [1.29, 1.82) is 0 Å². The van der Waals surface area contributed by atoms with Crippen molar-refractivity contribution in [1.82, 2.24) is 25.5 Å². The van der Waals surface area contributed by atoms with E-state index in [1.54, 1.807) is 12.3 Å². The molecule has 1 fully saturated rings. The van der Waals surface area contributed by atoms with Gasteiger partial charge in [-0.25, -0.2) is 9.37 Å². The van der Waals surface area contributed by atoms with Crippen LogP contribution in [0.3, 0.4) is 0 Å². The lowest BCUT2D eigenvalue weighted by molar-refractivity contribution is -0.00579. The summed E-state index contributed by atoms with van der Waals surface area (Å²) in [7, 11) is -1.06. The quantitative estimate of drug-likeness (QED) is 0.393. The van der Waals surface area contributed by atoms with Crippen molar-refractivity contribution < 1.29 is 17.8 Å². The van der Waals surface area contributed by atoms with Crippen molar-refractivity contribution in [3.63, 3.8) is 0 Å². The zero-order valence-corrected chi connectivity index (χ0v) is 20.1. The summed E-state index contributed by atoms with van der Waals surface area (Å²) in [6.45, 7) is 5.75. The van der Waals surface area contributed by atoms with Gasteiger partial charge in [-0.1, -0.05) is 32.0 Å². The van der Waals surface area contributed by atoms with Crippen LogP contribution >= 0.6 is 0 Å². The fraction of sp³-hybridized carbons (Fsp3) is 0.280. The van der Waals surface area contributed by atoms with Gasteiger partial charge < -0.3 is 14.5 Å². The van der Waals surface area contributed by atoms with Gasteiger partial charge in [-0.05, 0) is 29.8 Å². The van der Waals surface area contributed by atoms with Crippen LogP contribution in [0, 0.1) is 5.82 Å². The second-order valence-electron chi connectivity index (χ2n) is 8.50. The van der Waals surface area contributed by atoms with Gasteiger partial charge in [0.25, 0.3) is 11.8 Å². The van der Waals surface area contributed by atoms with Gasteiger partial charge in [-0.15, -0.1) is 10.2 Å². The summed E-state index contributed by atoms with van der Waals surface area (Å²) in [6, 6.07) is 12.6. The Morgan fingerprint density at radius 2 is 1.80 bits per heavy atom. The average molecular weight is 494 g/mol. The minimum atomic E-state index is -1.06. The summed E-state index contributed by atoms with van der Waals surface area (Å²) < 4.78 is 37.9. The Hall–Kier alpha value is -3.34. The van der Waals surface area contributed by atoms with E-state index >= 15 is 0 Å². The Morgan fingerprint density at radius 1 is 1.06 bits per heavy atom. The number of hydrogen-bond donors (Lipinski definition) is 1. The summed E-state index contributed by atoms with van der Waals surface area (Å²) >= 11 is 0. The Kier molecular flexibility index (Phi) is 6.76. The summed E-state index contributed by atoms with van der Waals surface area (Å²) in [5, 5.41) is 11.4. The van der Waals surface area contributed by atoms with E-state index in [0.29, 0.717) is 37.2 Å². The van der Waals surface area contributed by atoms with Gasteiger partial charge in [0.2, 0.25) is 0 Å². The van der Waals surface area contributed by atoms with Crippen molar-refractivity contribution in [2.75, 3.05) is 13.2 Å². The molecule has 1 aliphatic rings. The number of ether oxygens (including phenoxy) is 1. The summed E-state index contributed by atoms with van der Waals surface area (Å²) in [6.07, 6.45) is 3.13. The predicted molar refractivity (Wildman–Crippen MR) is 129 cm³/mol. The molecule has 4 aromatic rings. The van der Waals surface area contributed by atoms with Gasteiger partial charge in [0.15, 0.2) is 0 Å². The minimum absolute atomic E-state index is 0.0378. The monoisotopic (exact) mass is 493 g/mol. The average Bonchev–Trinajstić information content (AvgIpc) is 3.33. The number of benzene rings is 2. The molecule has 0 amide bonds. The molecule has 0 aliphatic carbocycles. The largest absolute Gasteiger partial charge is 0.414 e. The van der Waals surface area contributed by atoms with E-state index in [2.05, 4.69) is 25.5 Å². The third kappa shape index (κ3) is 5.19. The van der Waals surface area contributed by atoms with Crippen LogP contribution < -0.4 is 5.32 Å². The van der Waals surface area contributed by atoms with Crippen molar-refractivity contribution in [2.24, 2.45) is 0 Å². The first-order chi connectivity index (χ1) is 17.0. The van der Waals surface area contributed by atoms with Crippen LogP contribution in [0.1, 0.15) is 19.4 Å². The maximum Gasteiger partial charge on any atom is 0.268 e. The van der Waals surface area contributed by atoms with Crippen LogP contribution in [0.25, 0.3) is 34.3 Å². The highest BCUT2D eigenvalue weighted by Crippen LogP contribution is 2.27. The van der Waals surface area contributed by atoms with Crippen molar-refractivity contribution in [3.05, 3.63) is 66.2 Å². The molecular formula is C25H24FN5O3S. The molecule has 1 saturated heterocycles. The molecule has 5 rings (SSSR count). The lowest BCUT2D eigenvalue weighted by Crippen LogP contribution is -2.45. The minimum Gasteiger partial charge on any atom is -0.414 e. The van der Waals surface area contributed by atoms with Gasteiger partial charge in [0.1, 0.15) is 11.5 Å². The predicted octanol–water partition coefficient (Wildman–Crippen LogP) is 4.00. The van der Waals surface area contributed by atoms with Crippen molar-refractivity contribution in [3.8, 4) is 34.3 Å². The van der Waals surface area contributed by atoms with E-state index in [1.165, 1.54) is 12.3 Å². The number of halogens is 1. The molecule has 8 nitrogen and oxygen atoms in total. The SMILES string of the molecule is CC(C)S(=O)c1ccc(-c2cncc(-c3nnc(-c4ccc(CNC5COC5)cc4F)o3)n2)cc1. The smallest absolute Gasteiger partial charge is 0.268 e. The molecule has 0 bridgehead atoms. The molecule has 0 spiro atoms. The number of rotatable bonds is 8. The highest BCUT2D eigenvalue weighted by atomic mass is 32.2. The second kappa shape index (κ2) is 10.1. The first-order valence-electron chi connectivity index (χ1n) is 11.2. The normalized spacial score (nSPS) is 14.7. The summed E-state index contributed by atoms with van der Waals surface area (Å²) in [5.41, 5.74) is 2.83. The maximum absolute atomic E-state index is 14.8. The molecule has 1 unspecified atom stereocenters. The molecule has 2 aromatic carbocycles. The number of nitrogens with zero attached hydrogens (tertiary/aromatic N) is 4. The lowest BCUT2D eigenvalue weighted by Gasteiger charge is -2.27. The fourth-order valence-corrected chi connectivity index (χ4v) is 4.48. The molecule has 1 N–H and O–H groups in total. The molecule has 2 aromatic heterocycles. The number of hydrogen-bond acceptors (Lipinski definition) is 8. The fourth-order valence-electron chi connectivity index (χ4n) is 3.53. The molecule has 180 valence electrons. The maximum atomic E-state index is 14.8. The molecule has 0 saturated carbocycles. The van der Waals surface area contributed by atoms with Crippen LogP contribution in [0.15, 0.2) is 64.2 Å². The summed E-state index contributed by atoms with van der Waals surface area (Å²) in [5.74, 6) is -0.234. The molecule has 3 heterocycles. The van der Waals surface area contributed by atoms with E-state index in [0.717, 1.165) is 16.0 Å². The van der Waals surface area contributed by atoms with Crippen molar-refractivity contribution >= 4 is 10.8 Å². The van der Waals surface area contributed by atoms with E-state index in [-0.39, 0.29) is 22.6 Å². The Morgan fingerprint density at radius 3 is 2.49 bits per heavy atom. The number of aromatic nitrogens is 4. The van der Waals surface area contributed by atoms with Crippen LogP contribution in [0.5, 0.6) is 0 Å². The van der Waals surface area contributed by atoms with Gasteiger partial charge in [-0.3, -0.25) is 9.19 Å². The molecule has 35 heavy (non-hydrogen) atoms. The third-order valence-corrected chi connectivity index (χ3v) is 7.18. The Labute approximate surface area is 204 Å². The Balaban J connectivity index is 1.33. The molecule has 0 radical (unpaired) electrons. The number of nitrogens with one attached hydrogen (secondary N) is 1. The van der Waals surface area contributed by atoms with E-state index in [4.69, 9.17) is 9.15 Å². The second-order valence-corrected chi connectivity index (χ2v) is 10.5. The first kappa shape index (κ1) is 23.4. The molecule has 1 atom stereocenters. The topological polar surface area (TPSA) is 103 Å². The molecular weight excluding hydrogens is 469 g/mol.